The zero-order valence-electron chi connectivity index (χ0n) is 12.9. The Hall–Kier alpha value is -1.22. The lowest BCUT2D eigenvalue weighted by Crippen LogP contribution is -2.39. The molecule has 2 rings (SSSR count). The predicted molar refractivity (Wildman–Crippen MR) is 85.6 cm³/mol. The summed E-state index contributed by atoms with van der Waals surface area (Å²) in [4.78, 5) is 2.43. The average molecular weight is 276 g/mol. The first-order chi connectivity index (χ1) is 9.70. The van der Waals surface area contributed by atoms with E-state index in [1.165, 1.54) is 24.1 Å². The molecule has 3 heteroatoms. The Morgan fingerprint density at radius 2 is 2.00 bits per heavy atom. The molecular weight excluding hydrogens is 248 g/mol. The smallest absolute Gasteiger partial charge is 0.122 e. The van der Waals surface area contributed by atoms with Crippen molar-refractivity contribution in [2.45, 2.75) is 52.0 Å². The van der Waals surface area contributed by atoms with E-state index in [-0.39, 0.29) is 0 Å². The lowest BCUT2D eigenvalue weighted by Gasteiger charge is -2.32. The van der Waals surface area contributed by atoms with E-state index in [9.17, 15) is 0 Å². The normalized spacial score (nSPS) is 16.4. The molecule has 1 aliphatic rings. The number of hydrogen-bond donors (Lipinski definition) is 1. The Morgan fingerprint density at radius 1 is 1.25 bits per heavy atom. The summed E-state index contributed by atoms with van der Waals surface area (Å²) in [6, 6.07) is 6.92. The molecule has 0 atom stereocenters. The number of unbranched alkanes of at least 4 members (excludes halogenated alkanes) is 2. The first-order valence-corrected chi connectivity index (χ1v) is 7.94. The van der Waals surface area contributed by atoms with Gasteiger partial charge in [-0.1, -0.05) is 19.8 Å². The van der Waals surface area contributed by atoms with Gasteiger partial charge in [0, 0.05) is 24.8 Å². The van der Waals surface area contributed by atoms with Gasteiger partial charge >= 0.3 is 0 Å². The minimum Gasteiger partial charge on any atom is -0.493 e. The molecule has 0 bridgehead atoms. The first-order valence-electron chi connectivity index (χ1n) is 7.94. The molecular formula is C17H28N2O. The maximum Gasteiger partial charge on any atom is 0.122 e. The van der Waals surface area contributed by atoms with Crippen molar-refractivity contribution in [1.82, 2.24) is 0 Å². The van der Waals surface area contributed by atoms with Crippen LogP contribution < -0.4 is 15.4 Å². The molecule has 0 unspecified atom stereocenters. The fraction of sp³-hybridized carbons (Fsp3) is 0.647. The van der Waals surface area contributed by atoms with E-state index in [4.69, 9.17) is 10.5 Å². The minimum atomic E-state index is 0.383. The fourth-order valence-corrected chi connectivity index (χ4v) is 2.68. The number of anilines is 1. The van der Waals surface area contributed by atoms with E-state index in [0.29, 0.717) is 6.04 Å². The van der Waals surface area contributed by atoms with Crippen LogP contribution in [0.3, 0.4) is 0 Å². The molecule has 1 aromatic rings. The van der Waals surface area contributed by atoms with Crippen LogP contribution in [0.15, 0.2) is 18.2 Å². The van der Waals surface area contributed by atoms with Crippen molar-refractivity contribution in [2.75, 3.05) is 24.6 Å². The van der Waals surface area contributed by atoms with Crippen LogP contribution in [-0.2, 0) is 0 Å². The summed E-state index contributed by atoms with van der Waals surface area (Å²) in [6.07, 6.45) is 5.80. The van der Waals surface area contributed by atoms with Crippen molar-refractivity contribution < 1.29 is 4.74 Å². The van der Waals surface area contributed by atoms with Gasteiger partial charge in [0.25, 0.3) is 0 Å². The highest BCUT2D eigenvalue weighted by atomic mass is 16.5. The standard InChI is InChI=1S/C17H28N2O/c1-3-4-5-12-20-17-7-6-16(13-14(17)2)19-10-8-15(18)9-11-19/h6-7,13,15H,3-5,8-12,18H2,1-2H3. The Kier molecular flexibility index (Phi) is 5.72. The van der Waals surface area contributed by atoms with Crippen molar-refractivity contribution >= 4 is 5.69 Å². The monoisotopic (exact) mass is 276 g/mol. The molecule has 1 heterocycles. The maximum absolute atomic E-state index is 5.96. The highest BCUT2D eigenvalue weighted by Crippen LogP contribution is 2.26. The SMILES string of the molecule is CCCCCOc1ccc(N2CCC(N)CC2)cc1C. The van der Waals surface area contributed by atoms with Gasteiger partial charge in [0.15, 0.2) is 0 Å². The molecule has 112 valence electrons. The second-order valence-electron chi connectivity index (χ2n) is 5.83. The van der Waals surface area contributed by atoms with Crippen LogP contribution in [0.5, 0.6) is 5.75 Å². The van der Waals surface area contributed by atoms with Crippen LogP contribution in [0.2, 0.25) is 0 Å². The first kappa shape index (κ1) is 15.2. The topological polar surface area (TPSA) is 38.5 Å². The molecule has 1 saturated heterocycles. The molecule has 3 nitrogen and oxygen atoms in total. The second-order valence-corrected chi connectivity index (χ2v) is 5.83. The van der Waals surface area contributed by atoms with Crippen LogP contribution in [0.4, 0.5) is 5.69 Å². The molecule has 0 saturated carbocycles. The molecule has 2 N–H and O–H groups in total. The zero-order valence-corrected chi connectivity index (χ0v) is 12.9. The summed E-state index contributed by atoms with van der Waals surface area (Å²) in [5, 5.41) is 0. The third-order valence-electron chi connectivity index (χ3n) is 4.07. The summed E-state index contributed by atoms with van der Waals surface area (Å²) in [6.45, 7) is 7.31. The Labute approximate surface area is 123 Å². The number of rotatable bonds is 6. The van der Waals surface area contributed by atoms with E-state index in [1.807, 2.05) is 0 Å². The lowest BCUT2D eigenvalue weighted by atomic mass is 10.0. The van der Waals surface area contributed by atoms with Crippen LogP contribution >= 0.6 is 0 Å². The third-order valence-corrected chi connectivity index (χ3v) is 4.07. The third kappa shape index (κ3) is 4.14. The highest BCUT2D eigenvalue weighted by molar-refractivity contribution is 5.53. The van der Waals surface area contributed by atoms with E-state index in [2.05, 4.69) is 36.9 Å². The largest absolute Gasteiger partial charge is 0.493 e. The van der Waals surface area contributed by atoms with Crippen molar-refractivity contribution in [3.8, 4) is 5.75 Å². The number of piperidine rings is 1. The number of aryl methyl sites for hydroxylation is 1. The van der Waals surface area contributed by atoms with E-state index in [0.717, 1.165) is 44.7 Å². The van der Waals surface area contributed by atoms with Crippen molar-refractivity contribution in [3.63, 3.8) is 0 Å². The van der Waals surface area contributed by atoms with Crippen LogP contribution in [0.1, 0.15) is 44.6 Å². The second kappa shape index (κ2) is 7.53. The minimum absolute atomic E-state index is 0.383. The highest BCUT2D eigenvalue weighted by Gasteiger charge is 2.16. The summed E-state index contributed by atoms with van der Waals surface area (Å²) in [5.41, 5.74) is 8.49. The zero-order chi connectivity index (χ0) is 14.4. The average Bonchev–Trinajstić information content (AvgIpc) is 2.46. The number of ether oxygens (including phenoxy) is 1. The molecule has 0 spiro atoms. The molecule has 0 amide bonds. The molecule has 0 radical (unpaired) electrons. The Balaban J connectivity index is 1.91. The van der Waals surface area contributed by atoms with Gasteiger partial charge in [-0.15, -0.1) is 0 Å². The predicted octanol–water partition coefficient (Wildman–Crippen LogP) is 3.49. The molecule has 0 aliphatic carbocycles. The quantitative estimate of drug-likeness (QED) is 0.808. The number of hydrogen-bond acceptors (Lipinski definition) is 3. The molecule has 1 fully saturated rings. The van der Waals surface area contributed by atoms with Gasteiger partial charge in [-0.3, -0.25) is 0 Å². The Bertz CT molecular complexity index is 411. The maximum atomic E-state index is 5.96. The Morgan fingerprint density at radius 3 is 2.65 bits per heavy atom. The fourth-order valence-electron chi connectivity index (χ4n) is 2.68. The van der Waals surface area contributed by atoms with Gasteiger partial charge in [0.05, 0.1) is 6.61 Å². The number of nitrogens with zero attached hydrogens (tertiary/aromatic N) is 1. The van der Waals surface area contributed by atoms with E-state index in [1.54, 1.807) is 0 Å². The lowest BCUT2D eigenvalue weighted by molar-refractivity contribution is 0.304. The number of benzene rings is 1. The summed E-state index contributed by atoms with van der Waals surface area (Å²) >= 11 is 0. The summed E-state index contributed by atoms with van der Waals surface area (Å²) in [5.74, 6) is 1.03. The molecule has 1 aliphatic heterocycles. The molecule has 20 heavy (non-hydrogen) atoms. The van der Waals surface area contributed by atoms with Gasteiger partial charge in [0.2, 0.25) is 0 Å². The van der Waals surface area contributed by atoms with Crippen LogP contribution in [0.25, 0.3) is 0 Å². The van der Waals surface area contributed by atoms with Gasteiger partial charge in [-0.2, -0.15) is 0 Å². The van der Waals surface area contributed by atoms with Gasteiger partial charge in [-0.05, 0) is 49.9 Å². The van der Waals surface area contributed by atoms with Gasteiger partial charge < -0.3 is 15.4 Å². The van der Waals surface area contributed by atoms with Gasteiger partial charge in [0.1, 0.15) is 5.75 Å². The van der Waals surface area contributed by atoms with E-state index >= 15 is 0 Å². The van der Waals surface area contributed by atoms with Crippen molar-refractivity contribution in [2.24, 2.45) is 5.73 Å². The number of nitrogens with two attached hydrogens (primary N) is 1. The molecule has 0 aromatic heterocycles. The van der Waals surface area contributed by atoms with E-state index < -0.39 is 0 Å². The van der Waals surface area contributed by atoms with Crippen molar-refractivity contribution in [3.05, 3.63) is 23.8 Å². The summed E-state index contributed by atoms with van der Waals surface area (Å²) in [7, 11) is 0. The summed E-state index contributed by atoms with van der Waals surface area (Å²) < 4.78 is 5.86. The van der Waals surface area contributed by atoms with Gasteiger partial charge in [-0.25, -0.2) is 0 Å². The van der Waals surface area contributed by atoms with Crippen LogP contribution in [0, 0.1) is 6.92 Å². The van der Waals surface area contributed by atoms with Crippen LogP contribution in [-0.4, -0.2) is 25.7 Å². The molecule has 1 aromatic carbocycles. The van der Waals surface area contributed by atoms with Crippen molar-refractivity contribution in [1.29, 1.82) is 0 Å².